The molecule has 0 spiro atoms. The Labute approximate surface area is 154 Å². The highest BCUT2D eigenvalue weighted by Crippen LogP contribution is 2.42. The fourth-order valence-electron chi connectivity index (χ4n) is 3.39. The van der Waals surface area contributed by atoms with Crippen LogP contribution in [0.4, 0.5) is 0 Å². The van der Waals surface area contributed by atoms with Gasteiger partial charge in [-0.15, -0.1) is 0 Å². The highest BCUT2D eigenvalue weighted by molar-refractivity contribution is 9.10. The second kappa shape index (κ2) is 6.12. The molecule has 126 valence electrons. The molecule has 0 saturated carbocycles. The number of hydrogen-bond acceptors (Lipinski definition) is 3. The van der Waals surface area contributed by atoms with E-state index >= 15 is 0 Å². The van der Waals surface area contributed by atoms with E-state index in [1.807, 2.05) is 18.2 Å². The van der Waals surface area contributed by atoms with Crippen LogP contribution >= 0.6 is 15.9 Å². The Kier molecular flexibility index (Phi) is 3.92. The van der Waals surface area contributed by atoms with E-state index in [1.165, 1.54) is 0 Å². The van der Waals surface area contributed by atoms with Crippen LogP contribution in [0.1, 0.15) is 0 Å². The topological polar surface area (TPSA) is 27.7 Å². The van der Waals surface area contributed by atoms with E-state index in [-0.39, 0.29) is 0 Å². The van der Waals surface area contributed by atoms with Crippen LogP contribution in [-0.2, 0) is 0 Å². The molecule has 0 fully saturated rings. The van der Waals surface area contributed by atoms with E-state index < -0.39 is 0 Å². The quantitative estimate of drug-likeness (QED) is 0.401. The van der Waals surface area contributed by atoms with Crippen LogP contribution in [0.5, 0.6) is 17.2 Å². The van der Waals surface area contributed by atoms with Gasteiger partial charge in [0.05, 0.1) is 21.3 Å². The Morgan fingerprint density at radius 2 is 1.08 bits per heavy atom. The fourth-order valence-corrected chi connectivity index (χ4v) is 4.04. The molecule has 4 rings (SSSR count). The molecule has 25 heavy (non-hydrogen) atoms. The molecule has 0 aromatic heterocycles. The smallest absolute Gasteiger partial charge is 0.120 e. The molecule has 0 amide bonds. The zero-order chi connectivity index (χ0) is 17.6. The van der Waals surface area contributed by atoms with Crippen molar-refractivity contribution in [2.75, 3.05) is 21.3 Å². The summed E-state index contributed by atoms with van der Waals surface area (Å²) in [4.78, 5) is 0. The molecule has 0 aliphatic carbocycles. The Balaban J connectivity index is 2.29. The van der Waals surface area contributed by atoms with Gasteiger partial charge in [0, 0.05) is 9.86 Å². The monoisotopic (exact) mass is 396 g/mol. The van der Waals surface area contributed by atoms with E-state index in [2.05, 4.69) is 46.3 Å². The van der Waals surface area contributed by atoms with Gasteiger partial charge in [-0.2, -0.15) is 0 Å². The summed E-state index contributed by atoms with van der Waals surface area (Å²) < 4.78 is 17.4. The molecule has 0 unspecified atom stereocenters. The van der Waals surface area contributed by atoms with Crippen molar-refractivity contribution in [3.8, 4) is 17.2 Å². The summed E-state index contributed by atoms with van der Waals surface area (Å²) in [6.45, 7) is 0. The van der Waals surface area contributed by atoms with E-state index in [0.29, 0.717) is 0 Å². The van der Waals surface area contributed by atoms with Crippen molar-refractivity contribution in [1.29, 1.82) is 0 Å². The maximum absolute atomic E-state index is 5.47. The van der Waals surface area contributed by atoms with E-state index in [9.17, 15) is 0 Å². The fraction of sp³-hybridized carbons (Fsp3) is 0.143. The largest absolute Gasteiger partial charge is 0.497 e. The van der Waals surface area contributed by atoms with Crippen LogP contribution in [0.3, 0.4) is 0 Å². The van der Waals surface area contributed by atoms with Crippen molar-refractivity contribution in [2.24, 2.45) is 0 Å². The van der Waals surface area contributed by atoms with Crippen molar-refractivity contribution in [1.82, 2.24) is 0 Å². The van der Waals surface area contributed by atoms with Gasteiger partial charge in [-0.3, -0.25) is 0 Å². The maximum atomic E-state index is 5.47. The molecule has 0 heterocycles. The first-order valence-electron chi connectivity index (χ1n) is 7.91. The minimum atomic E-state index is 0.823. The van der Waals surface area contributed by atoms with Crippen molar-refractivity contribution in [3.05, 3.63) is 53.0 Å². The van der Waals surface area contributed by atoms with Crippen LogP contribution in [-0.4, -0.2) is 21.3 Å². The Morgan fingerprint density at radius 3 is 1.68 bits per heavy atom. The van der Waals surface area contributed by atoms with Gasteiger partial charge >= 0.3 is 0 Å². The van der Waals surface area contributed by atoms with E-state index in [4.69, 9.17) is 14.2 Å². The predicted molar refractivity (Wildman–Crippen MR) is 106 cm³/mol. The van der Waals surface area contributed by atoms with Crippen molar-refractivity contribution in [3.63, 3.8) is 0 Å². The summed E-state index contributed by atoms with van der Waals surface area (Å²) in [5.74, 6) is 2.49. The highest BCUT2D eigenvalue weighted by Gasteiger charge is 2.14. The standard InChI is InChI=1S/C21H17BrO3/c1-23-12-4-6-15-17(8-12)18-9-13(24-2)5-7-16(18)21-19(15)10-14(25-3)11-20(21)22/h4-11H,1-3H3. The molecular weight excluding hydrogens is 380 g/mol. The number of benzene rings is 4. The molecule has 0 aliphatic heterocycles. The predicted octanol–water partition coefficient (Wildman–Crippen LogP) is 5.93. The van der Waals surface area contributed by atoms with Crippen LogP contribution in [0.15, 0.2) is 53.0 Å². The lowest BCUT2D eigenvalue weighted by molar-refractivity contribution is 0.415. The lowest BCUT2D eigenvalue weighted by Gasteiger charge is -2.15. The van der Waals surface area contributed by atoms with Crippen molar-refractivity contribution < 1.29 is 14.2 Å². The van der Waals surface area contributed by atoms with Gasteiger partial charge in [0.15, 0.2) is 0 Å². The number of methoxy groups -OCH3 is 3. The molecule has 0 bridgehead atoms. The van der Waals surface area contributed by atoms with E-state index in [0.717, 1.165) is 54.0 Å². The average Bonchev–Trinajstić information content (AvgIpc) is 2.66. The summed E-state index contributed by atoms with van der Waals surface area (Å²) in [6, 6.07) is 16.4. The third-order valence-corrected chi connectivity index (χ3v) is 5.23. The zero-order valence-corrected chi connectivity index (χ0v) is 15.8. The zero-order valence-electron chi connectivity index (χ0n) is 14.2. The van der Waals surface area contributed by atoms with E-state index in [1.54, 1.807) is 21.3 Å². The minimum absolute atomic E-state index is 0.823. The Hall–Kier alpha value is -2.46. The number of fused-ring (bicyclic) bond motifs is 6. The molecule has 0 atom stereocenters. The number of hydrogen-bond donors (Lipinski definition) is 0. The lowest BCUT2D eigenvalue weighted by atomic mass is 9.94. The van der Waals surface area contributed by atoms with Gasteiger partial charge in [-0.05, 0) is 79.3 Å². The first-order valence-corrected chi connectivity index (χ1v) is 8.70. The first kappa shape index (κ1) is 16.0. The molecule has 3 nitrogen and oxygen atoms in total. The summed E-state index contributed by atoms with van der Waals surface area (Å²) >= 11 is 3.72. The first-order chi connectivity index (χ1) is 12.2. The van der Waals surface area contributed by atoms with Gasteiger partial charge in [0.1, 0.15) is 17.2 Å². The normalized spacial score (nSPS) is 11.2. The second-order valence-corrected chi connectivity index (χ2v) is 6.71. The minimum Gasteiger partial charge on any atom is -0.497 e. The number of ether oxygens (including phenoxy) is 3. The summed E-state index contributed by atoms with van der Waals surface area (Å²) in [7, 11) is 5.06. The molecule has 0 saturated heterocycles. The third kappa shape index (κ3) is 2.48. The van der Waals surface area contributed by atoms with Gasteiger partial charge < -0.3 is 14.2 Å². The van der Waals surface area contributed by atoms with Crippen LogP contribution in [0, 0.1) is 0 Å². The molecule has 0 N–H and O–H groups in total. The maximum Gasteiger partial charge on any atom is 0.120 e. The number of halogens is 1. The van der Waals surface area contributed by atoms with Gasteiger partial charge in [-0.1, -0.05) is 12.1 Å². The molecule has 0 aliphatic rings. The summed E-state index contributed by atoms with van der Waals surface area (Å²) in [5, 5.41) is 6.87. The second-order valence-electron chi connectivity index (χ2n) is 5.85. The number of rotatable bonds is 3. The van der Waals surface area contributed by atoms with Crippen LogP contribution in [0.2, 0.25) is 0 Å². The summed E-state index contributed by atoms with van der Waals surface area (Å²) in [5.41, 5.74) is 0. The molecule has 4 aromatic carbocycles. The Bertz CT molecular complexity index is 1120. The van der Waals surface area contributed by atoms with Gasteiger partial charge in [-0.25, -0.2) is 0 Å². The molecule has 4 heteroatoms. The van der Waals surface area contributed by atoms with Crippen molar-refractivity contribution >= 4 is 48.2 Å². The SMILES string of the molecule is COc1ccc2c(c1)c1cc(OC)ccc1c1c(Br)cc(OC)cc21. The molecular formula is C21H17BrO3. The lowest BCUT2D eigenvalue weighted by Crippen LogP contribution is -1.90. The third-order valence-electron chi connectivity index (χ3n) is 4.60. The molecule has 4 aromatic rings. The van der Waals surface area contributed by atoms with Crippen LogP contribution in [0.25, 0.3) is 32.3 Å². The Morgan fingerprint density at radius 1 is 0.560 bits per heavy atom. The van der Waals surface area contributed by atoms with Crippen molar-refractivity contribution in [2.45, 2.75) is 0 Å². The van der Waals surface area contributed by atoms with Gasteiger partial charge in [0.2, 0.25) is 0 Å². The molecule has 0 radical (unpaired) electrons. The van der Waals surface area contributed by atoms with Gasteiger partial charge in [0.25, 0.3) is 0 Å². The average molecular weight is 397 g/mol. The summed E-state index contributed by atoms with van der Waals surface area (Å²) in [6.07, 6.45) is 0. The van der Waals surface area contributed by atoms with Crippen LogP contribution < -0.4 is 14.2 Å². The highest BCUT2D eigenvalue weighted by atomic mass is 79.9.